The summed E-state index contributed by atoms with van der Waals surface area (Å²) < 4.78 is 0. The van der Waals surface area contributed by atoms with Gasteiger partial charge in [0.25, 0.3) is 5.91 Å². The largest absolute Gasteiger partial charge is 0.478 e. The van der Waals surface area contributed by atoms with Crippen LogP contribution in [0.4, 0.5) is 11.4 Å². The van der Waals surface area contributed by atoms with Gasteiger partial charge in [-0.3, -0.25) is 9.59 Å². The highest BCUT2D eigenvalue weighted by molar-refractivity contribution is 6.45. The number of amidine groups is 1. The number of nitrogens with zero attached hydrogens (tertiary/aromatic N) is 1. The molecular formula is C32H33N3O4. The Morgan fingerprint density at radius 2 is 1.67 bits per heavy atom. The number of Topliss-reactive ketones (excluding diaryl/α,β-unsaturated/α-hetero) is 1. The fourth-order valence-electron chi connectivity index (χ4n) is 4.46. The third-order valence-electron chi connectivity index (χ3n) is 6.88. The summed E-state index contributed by atoms with van der Waals surface area (Å²) in [5.41, 5.74) is 5.98. The predicted octanol–water partition coefficient (Wildman–Crippen LogP) is 6.62. The van der Waals surface area contributed by atoms with Gasteiger partial charge in [-0.15, -0.1) is 0 Å². The number of rotatable bonds is 5. The standard InChI is InChI=1S/C32H33N3O4/c1-18-16-23(14-15-24(18)31(38)39)33-29-28(36)19(2)17-27(34-29)25-8-7-9-26(20(25)3)35-30(37)21-10-12-22(13-11-21)32(4,5)6/h7-17,19H,1-6H3,(H,33,34)(H,35,37)(H,38,39). The smallest absolute Gasteiger partial charge is 0.335 e. The molecule has 3 aromatic rings. The quantitative estimate of drug-likeness (QED) is 0.348. The molecule has 1 aliphatic heterocycles. The molecule has 1 aliphatic rings. The molecule has 0 spiro atoms. The Bertz CT molecular complexity index is 1530. The summed E-state index contributed by atoms with van der Waals surface area (Å²) in [5, 5.41) is 15.4. The van der Waals surface area contributed by atoms with Crippen LogP contribution in [0.2, 0.25) is 0 Å². The van der Waals surface area contributed by atoms with E-state index in [1.54, 1.807) is 26.0 Å². The number of hydrogen-bond acceptors (Lipinski definition) is 5. The van der Waals surface area contributed by atoms with E-state index in [4.69, 9.17) is 0 Å². The van der Waals surface area contributed by atoms with Crippen LogP contribution in [0.3, 0.4) is 0 Å². The number of allylic oxidation sites excluding steroid dienone is 1. The number of aliphatic imine (C=N–C) groups is 1. The summed E-state index contributed by atoms with van der Waals surface area (Å²) in [6.45, 7) is 11.8. The van der Waals surface area contributed by atoms with Gasteiger partial charge >= 0.3 is 5.97 Å². The molecule has 1 atom stereocenters. The maximum Gasteiger partial charge on any atom is 0.335 e. The number of amides is 1. The topological polar surface area (TPSA) is 108 Å². The Balaban J connectivity index is 1.59. The molecule has 0 aliphatic carbocycles. The van der Waals surface area contributed by atoms with Crippen LogP contribution < -0.4 is 10.6 Å². The first-order valence-electron chi connectivity index (χ1n) is 12.8. The minimum Gasteiger partial charge on any atom is -0.478 e. The zero-order valence-corrected chi connectivity index (χ0v) is 23.0. The molecule has 0 aromatic heterocycles. The van der Waals surface area contributed by atoms with E-state index in [1.165, 1.54) is 6.07 Å². The molecular weight excluding hydrogens is 490 g/mol. The number of carboxylic acid groups (broad SMARTS) is 1. The van der Waals surface area contributed by atoms with E-state index in [2.05, 4.69) is 36.4 Å². The van der Waals surface area contributed by atoms with Crippen molar-refractivity contribution in [2.75, 3.05) is 10.6 Å². The van der Waals surface area contributed by atoms with Crippen molar-refractivity contribution in [2.24, 2.45) is 10.9 Å². The third kappa shape index (κ3) is 5.98. The second-order valence-corrected chi connectivity index (χ2v) is 10.9. The summed E-state index contributed by atoms with van der Waals surface area (Å²) in [4.78, 5) is 41.9. The highest BCUT2D eigenvalue weighted by Crippen LogP contribution is 2.31. The van der Waals surface area contributed by atoms with Gasteiger partial charge in [-0.1, -0.05) is 52.0 Å². The van der Waals surface area contributed by atoms with Crippen molar-refractivity contribution in [3.05, 3.63) is 100 Å². The number of carbonyl (C=O) groups is 3. The normalized spacial score (nSPS) is 15.3. The van der Waals surface area contributed by atoms with Crippen LogP contribution in [0, 0.1) is 19.8 Å². The minimum atomic E-state index is -1.01. The van der Waals surface area contributed by atoms with Crippen molar-refractivity contribution in [2.45, 2.75) is 47.0 Å². The average Bonchev–Trinajstić information content (AvgIpc) is 2.87. The van der Waals surface area contributed by atoms with Crippen molar-refractivity contribution >= 4 is 40.6 Å². The zero-order chi connectivity index (χ0) is 28.5. The van der Waals surface area contributed by atoms with Crippen LogP contribution in [0.5, 0.6) is 0 Å². The van der Waals surface area contributed by atoms with E-state index >= 15 is 0 Å². The molecule has 0 bridgehead atoms. The molecule has 4 rings (SSSR count). The first kappa shape index (κ1) is 27.5. The third-order valence-corrected chi connectivity index (χ3v) is 6.88. The number of hydrogen-bond donors (Lipinski definition) is 3. The van der Waals surface area contributed by atoms with Gasteiger partial charge in [-0.2, -0.15) is 0 Å². The number of nitrogens with one attached hydrogen (secondary N) is 2. The number of ketones is 1. The summed E-state index contributed by atoms with van der Waals surface area (Å²) in [6.07, 6.45) is 1.81. The molecule has 0 radical (unpaired) electrons. The van der Waals surface area contributed by atoms with Crippen LogP contribution >= 0.6 is 0 Å². The lowest BCUT2D eigenvalue weighted by Gasteiger charge is -2.21. The summed E-state index contributed by atoms with van der Waals surface area (Å²) in [5.74, 6) is -1.62. The van der Waals surface area contributed by atoms with Crippen molar-refractivity contribution in [1.29, 1.82) is 0 Å². The first-order chi connectivity index (χ1) is 18.3. The number of aromatic carboxylic acids is 1. The number of benzene rings is 3. The van der Waals surface area contributed by atoms with Gasteiger partial charge in [0.15, 0.2) is 5.84 Å². The van der Waals surface area contributed by atoms with Crippen LogP contribution in [0.25, 0.3) is 5.70 Å². The Morgan fingerprint density at radius 1 is 0.974 bits per heavy atom. The Morgan fingerprint density at radius 3 is 2.28 bits per heavy atom. The number of anilines is 2. The fourth-order valence-corrected chi connectivity index (χ4v) is 4.46. The van der Waals surface area contributed by atoms with Crippen molar-refractivity contribution in [1.82, 2.24) is 0 Å². The molecule has 3 N–H and O–H groups in total. The number of carboxylic acids is 1. The van der Waals surface area contributed by atoms with Gasteiger partial charge in [0, 0.05) is 28.4 Å². The highest BCUT2D eigenvalue weighted by Gasteiger charge is 2.25. The first-order valence-corrected chi connectivity index (χ1v) is 12.8. The van der Waals surface area contributed by atoms with E-state index < -0.39 is 11.9 Å². The van der Waals surface area contributed by atoms with E-state index in [-0.39, 0.29) is 28.5 Å². The monoisotopic (exact) mass is 523 g/mol. The maximum atomic E-state index is 13.0. The van der Waals surface area contributed by atoms with Crippen molar-refractivity contribution in [3.63, 3.8) is 0 Å². The van der Waals surface area contributed by atoms with Gasteiger partial charge in [0.1, 0.15) is 0 Å². The molecule has 7 heteroatoms. The van der Waals surface area contributed by atoms with Crippen LogP contribution in [-0.2, 0) is 10.2 Å². The Kier molecular flexibility index (Phi) is 7.54. The maximum absolute atomic E-state index is 13.0. The molecule has 1 heterocycles. The molecule has 0 saturated heterocycles. The molecule has 0 saturated carbocycles. The Labute approximate surface area is 228 Å². The van der Waals surface area contributed by atoms with Crippen LogP contribution in [0.15, 0.2) is 71.7 Å². The van der Waals surface area contributed by atoms with Crippen LogP contribution in [0.1, 0.15) is 70.7 Å². The number of carbonyl (C=O) groups excluding carboxylic acids is 2. The van der Waals surface area contributed by atoms with Gasteiger partial charge in [0.05, 0.1) is 11.3 Å². The van der Waals surface area contributed by atoms with Gasteiger partial charge < -0.3 is 15.7 Å². The van der Waals surface area contributed by atoms with Gasteiger partial charge in [-0.05, 0) is 78.4 Å². The molecule has 1 amide bonds. The highest BCUT2D eigenvalue weighted by atomic mass is 16.4. The molecule has 7 nitrogen and oxygen atoms in total. The average molecular weight is 524 g/mol. The lowest BCUT2D eigenvalue weighted by Crippen LogP contribution is -2.30. The second-order valence-electron chi connectivity index (χ2n) is 10.9. The van der Waals surface area contributed by atoms with Crippen molar-refractivity contribution < 1.29 is 19.5 Å². The van der Waals surface area contributed by atoms with Gasteiger partial charge in [-0.25, -0.2) is 9.79 Å². The van der Waals surface area contributed by atoms with E-state index in [9.17, 15) is 19.5 Å². The minimum absolute atomic E-state index is 0.00114. The molecule has 1 unspecified atom stereocenters. The molecule has 0 fully saturated rings. The Hall–Kier alpha value is -4.52. The van der Waals surface area contributed by atoms with E-state index in [0.717, 1.165) is 16.7 Å². The van der Waals surface area contributed by atoms with Crippen LogP contribution in [-0.4, -0.2) is 28.6 Å². The van der Waals surface area contributed by atoms with E-state index in [0.29, 0.717) is 28.2 Å². The summed E-state index contributed by atoms with van der Waals surface area (Å²) >= 11 is 0. The lowest BCUT2D eigenvalue weighted by atomic mass is 9.86. The molecule has 200 valence electrons. The number of aryl methyl sites for hydroxylation is 1. The van der Waals surface area contributed by atoms with Gasteiger partial charge in [0.2, 0.25) is 5.78 Å². The zero-order valence-electron chi connectivity index (χ0n) is 23.0. The second kappa shape index (κ2) is 10.7. The SMILES string of the molecule is Cc1cc(NC2=NC(c3cccc(NC(=O)c4ccc(C(C)(C)C)cc4)c3C)=CC(C)C2=O)ccc1C(=O)O. The lowest BCUT2D eigenvalue weighted by molar-refractivity contribution is -0.114. The molecule has 39 heavy (non-hydrogen) atoms. The summed E-state index contributed by atoms with van der Waals surface area (Å²) in [7, 11) is 0. The molecule has 3 aromatic carbocycles. The summed E-state index contributed by atoms with van der Waals surface area (Å²) in [6, 6.07) is 18.0. The van der Waals surface area contributed by atoms with Crippen molar-refractivity contribution in [3.8, 4) is 0 Å². The van der Waals surface area contributed by atoms with E-state index in [1.807, 2.05) is 55.5 Å². The predicted molar refractivity (Wildman–Crippen MR) is 156 cm³/mol. The fraction of sp³-hybridized carbons (Fsp3) is 0.250.